The molecule has 0 aliphatic rings. The zero-order valence-corrected chi connectivity index (χ0v) is 11.6. The number of amides is 1. The van der Waals surface area contributed by atoms with E-state index in [9.17, 15) is 4.79 Å². The van der Waals surface area contributed by atoms with Crippen molar-refractivity contribution in [2.24, 2.45) is 5.92 Å². The van der Waals surface area contributed by atoms with E-state index in [1.54, 1.807) is 0 Å². The summed E-state index contributed by atoms with van der Waals surface area (Å²) in [6, 6.07) is 9.84. The monoisotopic (exact) mass is 248 g/mol. The van der Waals surface area contributed by atoms with E-state index in [2.05, 4.69) is 19.2 Å². The molecule has 1 aromatic rings. The molecule has 0 fully saturated rings. The van der Waals surface area contributed by atoms with Crippen molar-refractivity contribution >= 4 is 11.6 Å². The summed E-state index contributed by atoms with van der Waals surface area (Å²) in [6.45, 7) is 8.76. The maximum Gasteiger partial charge on any atom is 0.228 e. The molecule has 0 radical (unpaired) electrons. The van der Waals surface area contributed by atoms with E-state index in [4.69, 9.17) is 0 Å². The maximum absolute atomic E-state index is 12.1. The molecule has 1 amide bonds. The van der Waals surface area contributed by atoms with Crippen LogP contribution in [0.4, 0.5) is 5.69 Å². The topological polar surface area (TPSA) is 32.3 Å². The van der Waals surface area contributed by atoms with Gasteiger partial charge in [0.2, 0.25) is 5.91 Å². The van der Waals surface area contributed by atoms with Crippen molar-refractivity contribution in [2.45, 2.75) is 27.2 Å². The molecule has 100 valence electrons. The van der Waals surface area contributed by atoms with Gasteiger partial charge in [-0.25, -0.2) is 0 Å². The van der Waals surface area contributed by atoms with Crippen molar-refractivity contribution in [3.8, 4) is 0 Å². The van der Waals surface area contributed by atoms with Gasteiger partial charge in [0.25, 0.3) is 0 Å². The average Bonchev–Trinajstić information content (AvgIpc) is 2.36. The van der Waals surface area contributed by atoms with Crippen LogP contribution in [0.5, 0.6) is 0 Å². The van der Waals surface area contributed by atoms with E-state index in [0.717, 1.165) is 18.8 Å². The van der Waals surface area contributed by atoms with Crippen LogP contribution in [0.15, 0.2) is 30.3 Å². The van der Waals surface area contributed by atoms with Crippen LogP contribution in [-0.4, -0.2) is 25.5 Å². The van der Waals surface area contributed by atoms with Crippen molar-refractivity contribution in [1.29, 1.82) is 0 Å². The largest absolute Gasteiger partial charge is 0.316 e. The van der Waals surface area contributed by atoms with Crippen molar-refractivity contribution in [3.05, 3.63) is 30.3 Å². The Morgan fingerprint density at radius 3 is 2.50 bits per heavy atom. The average molecular weight is 248 g/mol. The van der Waals surface area contributed by atoms with Crippen molar-refractivity contribution in [2.75, 3.05) is 24.5 Å². The van der Waals surface area contributed by atoms with E-state index in [0.29, 0.717) is 18.9 Å². The second-order valence-electron chi connectivity index (χ2n) is 4.82. The molecule has 0 spiro atoms. The minimum absolute atomic E-state index is 0.181. The predicted octanol–water partition coefficient (Wildman–Crippen LogP) is 2.68. The highest BCUT2D eigenvalue weighted by atomic mass is 16.2. The molecule has 0 unspecified atom stereocenters. The Balaban J connectivity index is 2.43. The Morgan fingerprint density at radius 2 is 1.94 bits per heavy atom. The van der Waals surface area contributed by atoms with Crippen molar-refractivity contribution in [3.63, 3.8) is 0 Å². The number of hydrogen-bond donors (Lipinski definition) is 1. The van der Waals surface area contributed by atoms with Gasteiger partial charge in [0, 0.05) is 25.2 Å². The summed E-state index contributed by atoms with van der Waals surface area (Å²) in [7, 11) is 0. The first-order valence-electron chi connectivity index (χ1n) is 6.71. The summed E-state index contributed by atoms with van der Waals surface area (Å²) in [6.07, 6.45) is 0.551. The highest BCUT2D eigenvalue weighted by Gasteiger charge is 2.12. The summed E-state index contributed by atoms with van der Waals surface area (Å²) in [4.78, 5) is 13.9. The lowest BCUT2D eigenvalue weighted by Crippen LogP contribution is -2.33. The minimum atomic E-state index is 0.181. The highest BCUT2D eigenvalue weighted by Crippen LogP contribution is 2.13. The van der Waals surface area contributed by atoms with Gasteiger partial charge in [0.1, 0.15) is 0 Å². The van der Waals surface area contributed by atoms with Gasteiger partial charge in [-0.2, -0.15) is 0 Å². The number of benzene rings is 1. The van der Waals surface area contributed by atoms with Gasteiger partial charge < -0.3 is 10.2 Å². The Morgan fingerprint density at radius 1 is 1.28 bits per heavy atom. The van der Waals surface area contributed by atoms with Crippen LogP contribution in [0.3, 0.4) is 0 Å². The van der Waals surface area contributed by atoms with Crippen LogP contribution in [0.2, 0.25) is 0 Å². The maximum atomic E-state index is 12.1. The lowest BCUT2D eigenvalue weighted by molar-refractivity contribution is -0.118. The first-order chi connectivity index (χ1) is 8.65. The van der Waals surface area contributed by atoms with Crippen molar-refractivity contribution in [1.82, 2.24) is 5.32 Å². The number of hydrogen-bond acceptors (Lipinski definition) is 2. The smallest absolute Gasteiger partial charge is 0.228 e. The van der Waals surface area contributed by atoms with Crippen LogP contribution >= 0.6 is 0 Å². The Hall–Kier alpha value is -1.35. The number of carbonyl (C=O) groups excluding carboxylic acids is 1. The van der Waals surface area contributed by atoms with Gasteiger partial charge in [-0.05, 0) is 31.5 Å². The summed E-state index contributed by atoms with van der Waals surface area (Å²) >= 11 is 0. The third-order valence-corrected chi connectivity index (χ3v) is 2.75. The second kappa shape index (κ2) is 7.88. The highest BCUT2D eigenvalue weighted by molar-refractivity contribution is 5.93. The summed E-state index contributed by atoms with van der Waals surface area (Å²) in [5.41, 5.74) is 0.980. The molecule has 1 aromatic carbocycles. The lowest BCUT2D eigenvalue weighted by Gasteiger charge is -2.21. The van der Waals surface area contributed by atoms with Crippen LogP contribution < -0.4 is 10.2 Å². The van der Waals surface area contributed by atoms with Crippen LogP contribution in [-0.2, 0) is 4.79 Å². The third kappa shape index (κ3) is 4.88. The fourth-order valence-corrected chi connectivity index (χ4v) is 1.83. The Kier molecular flexibility index (Phi) is 6.44. The summed E-state index contributed by atoms with van der Waals surface area (Å²) in [5, 5.41) is 3.30. The predicted molar refractivity (Wildman–Crippen MR) is 76.8 cm³/mol. The molecule has 0 atom stereocenters. The van der Waals surface area contributed by atoms with Crippen LogP contribution in [0, 0.1) is 5.92 Å². The van der Waals surface area contributed by atoms with Crippen LogP contribution in [0.1, 0.15) is 27.2 Å². The Bertz CT molecular complexity index is 349. The SMILES string of the molecule is CCN(C(=O)CCNCC(C)C)c1ccccc1. The zero-order valence-electron chi connectivity index (χ0n) is 11.6. The number of rotatable bonds is 7. The van der Waals surface area contributed by atoms with E-state index < -0.39 is 0 Å². The number of carbonyl (C=O) groups is 1. The van der Waals surface area contributed by atoms with Gasteiger partial charge in [-0.15, -0.1) is 0 Å². The summed E-state index contributed by atoms with van der Waals surface area (Å²) < 4.78 is 0. The molecule has 0 aliphatic heterocycles. The molecule has 0 bridgehead atoms. The first kappa shape index (κ1) is 14.7. The van der Waals surface area contributed by atoms with E-state index in [1.165, 1.54) is 0 Å². The van der Waals surface area contributed by atoms with E-state index in [1.807, 2.05) is 42.2 Å². The first-order valence-corrected chi connectivity index (χ1v) is 6.71. The number of nitrogens with one attached hydrogen (secondary N) is 1. The fraction of sp³-hybridized carbons (Fsp3) is 0.533. The number of nitrogens with zero attached hydrogens (tertiary/aromatic N) is 1. The molecule has 0 saturated carbocycles. The van der Waals surface area contributed by atoms with Gasteiger partial charge in [0.05, 0.1) is 0 Å². The summed E-state index contributed by atoms with van der Waals surface area (Å²) in [5.74, 6) is 0.802. The molecule has 1 rings (SSSR count). The quantitative estimate of drug-likeness (QED) is 0.752. The fourth-order valence-electron chi connectivity index (χ4n) is 1.83. The van der Waals surface area contributed by atoms with Gasteiger partial charge in [0.15, 0.2) is 0 Å². The molecule has 1 N–H and O–H groups in total. The number of para-hydroxylation sites is 1. The second-order valence-corrected chi connectivity index (χ2v) is 4.82. The molecular formula is C15H24N2O. The van der Waals surface area contributed by atoms with E-state index in [-0.39, 0.29) is 5.91 Å². The van der Waals surface area contributed by atoms with Crippen LogP contribution in [0.25, 0.3) is 0 Å². The lowest BCUT2D eigenvalue weighted by atomic mass is 10.2. The molecule has 0 aliphatic carbocycles. The van der Waals surface area contributed by atoms with Crippen molar-refractivity contribution < 1.29 is 4.79 Å². The minimum Gasteiger partial charge on any atom is -0.316 e. The third-order valence-electron chi connectivity index (χ3n) is 2.75. The molecule has 0 aromatic heterocycles. The van der Waals surface area contributed by atoms with Gasteiger partial charge >= 0.3 is 0 Å². The molecule has 3 nitrogen and oxygen atoms in total. The molecular weight excluding hydrogens is 224 g/mol. The Labute approximate surface area is 110 Å². The molecule has 18 heavy (non-hydrogen) atoms. The van der Waals surface area contributed by atoms with E-state index >= 15 is 0 Å². The zero-order chi connectivity index (χ0) is 13.4. The van der Waals surface area contributed by atoms with Gasteiger partial charge in [-0.1, -0.05) is 32.0 Å². The number of anilines is 1. The molecule has 0 heterocycles. The normalized spacial score (nSPS) is 10.7. The molecule has 0 saturated heterocycles. The molecule has 3 heteroatoms. The standard InChI is InChI=1S/C15H24N2O/c1-4-17(14-8-6-5-7-9-14)15(18)10-11-16-12-13(2)3/h5-9,13,16H,4,10-12H2,1-3H3. The van der Waals surface area contributed by atoms with Gasteiger partial charge in [-0.3, -0.25) is 4.79 Å².